The van der Waals surface area contributed by atoms with Crippen molar-refractivity contribution >= 4 is 6.09 Å². The maximum Gasteiger partial charge on any atom is 0.410 e. The van der Waals surface area contributed by atoms with Crippen LogP contribution in [0.15, 0.2) is 18.3 Å². The zero-order valence-corrected chi connectivity index (χ0v) is 18.8. The van der Waals surface area contributed by atoms with E-state index in [0.29, 0.717) is 17.8 Å². The van der Waals surface area contributed by atoms with Gasteiger partial charge < -0.3 is 9.64 Å². The van der Waals surface area contributed by atoms with Gasteiger partial charge in [0, 0.05) is 20.1 Å². The monoisotopic (exact) mass is 411 g/mol. The van der Waals surface area contributed by atoms with Gasteiger partial charge in [0.15, 0.2) is 0 Å². The number of hydrogen-bond acceptors (Lipinski definition) is 5. The van der Waals surface area contributed by atoms with Crippen LogP contribution in [-0.4, -0.2) is 49.7 Å². The van der Waals surface area contributed by atoms with Gasteiger partial charge in [-0.15, -0.1) is 5.10 Å². The molecule has 1 aliphatic heterocycles. The highest BCUT2D eigenvalue weighted by Gasteiger charge is 2.44. The summed E-state index contributed by atoms with van der Waals surface area (Å²) in [4.78, 5) is 14.3. The first-order valence-corrected chi connectivity index (χ1v) is 11.0. The summed E-state index contributed by atoms with van der Waals surface area (Å²) in [5.74, 6) is 1.84. The van der Waals surface area contributed by atoms with Crippen LogP contribution in [0.2, 0.25) is 0 Å². The molecule has 4 rings (SSSR count). The molecule has 7 heteroatoms. The minimum absolute atomic E-state index is 0.164. The van der Waals surface area contributed by atoms with Gasteiger partial charge >= 0.3 is 6.09 Å². The summed E-state index contributed by atoms with van der Waals surface area (Å²) in [7, 11) is 1.93. The molecule has 0 aromatic carbocycles. The Kier molecular flexibility index (Phi) is 5.55. The van der Waals surface area contributed by atoms with Crippen LogP contribution >= 0.6 is 0 Å². The molecule has 1 saturated carbocycles. The van der Waals surface area contributed by atoms with Crippen molar-refractivity contribution in [1.29, 1.82) is 0 Å². The van der Waals surface area contributed by atoms with E-state index < -0.39 is 5.60 Å². The summed E-state index contributed by atoms with van der Waals surface area (Å²) in [6.07, 6.45) is 6.17. The SMILES string of the molecule is Cc1cnn(C)c1-c1ccc(CCC2CCC3CN(C(=O)OC(C)(C)C)CC23)nn1. The van der Waals surface area contributed by atoms with E-state index in [1.54, 1.807) is 0 Å². The molecule has 3 heterocycles. The third kappa shape index (κ3) is 4.35. The van der Waals surface area contributed by atoms with Gasteiger partial charge in [0.2, 0.25) is 0 Å². The summed E-state index contributed by atoms with van der Waals surface area (Å²) in [5.41, 5.74) is 3.57. The molecule has 0 bridgehead atoms. The number of amides is 1. The summed E-state index contributed by atoms with van der Waals surface area (Å²) in [5, 5.41) is 13.2. The van der Waals surface area contributed by atoms with Crippen molar-refractivity contribution in [2.45, 2.75) is 59.0 Å². The molecule has 1 amide bonds. The topological polar surface area (TPSA) is 73.1 Å². The van der Waals surface area contributed by atoms with Crippen molar-refractivity contribution in [2.24, 2.45) is 24.8 Å². The molecule has 0 spiro atoms. The maximum atomic E-state index is 12.4. The fourth-order valence-corrected chi connectivity index (χ4v) is 5.08. The van der Waals surface area contributed by atoms with E-state index in [-0.39, 0.29) is 6.09 Å². The van der Waals surface area contributed by atoms with Gasteiger partial charge in [0.1, 0.15) is 11.3 Å². The molecule has 2 aromatic heterocycles. The molecule has 0 radical (unpaired) electrons. The second kappa shape index (κ2) is 8.00. The number of hydrogen-bond donors (Lipinski definition) is 0. The Bertz CT molecular complexity index is 880. The highest BCUT2D eigenvalue weighted by molar-refractivity contribution is 5.68. The minimum Gasteiger partial charge on any atom is -0.444 e. The summed E-state index contributed by atoms with van der Waals surface area (Å²) >= 11 is 0. The minimum atomic E-state index is -0.437. The number of fused-ring (bicyclic) bond motifs is 1. The zero-order valence-electron chi connectivity index (χ0n) is 18.8. The van der Waals surface area contributed by atoms with Crippen molar-refractivity contribution in [2.75, 3.05) is 13.1 Å². The molecular formula is C23H33N5O2. The smallest absolute Gasteiger partial charge is 0.410 e. The molecule has 162 valence electrons. The Hall–Kier alpha value is -2.44. The average Bonchev–Trinajstić information content (AvgIpc) is 3.34. The largest absolute Gasteiger partial charge is 0.444 e. The van der Waals surface area contributed by atoms with Crippen LogP contribution in [0.5, 0.6) is 0 Å². The number of carbonyl (C=O) groups is 1. The quantitative estimate of drug-likeness (QED) is 0.760. The molecule has 2 fully saturated rings. The van der Waals surface area contributed by atoms with E-state index >= 15 is 0 Å². The average molecular weight is 412 g/mol. The van der Waals surface area contributed by atoms with E-state index in [4.69, 9.17) is 4.74 Å². The van der Waals surface area contributed by atoms with E-state index in [1.165, 1.54) is 12.8 Å². The van der Waals surface area contributed by atoms with Crippen molar-refractivity contribution in [1.82, 2.24) is 24.9 Å². The number of aryl methyl sites for hydroxylation is 3. The normalized spacial score (nSPS) is 23.6. The predicted molar refractivity (Wildman–Crippen MR) is 115 cm³/mol. The lowest BCUT2D eigenvalue weighted by molar-refractivity contribution is 0.0276. The first-order valence-electron chi connectivity index (χ1n) is 11.0. The fourth-order valence-electron chi connectivity index (χ4n) is 5.08. The lowest BCUT2D eigenvalue weighted by atomic mass is 9.88. The van der Waals surface area contributed by atoms with Crippen molar-refractivity contribution < 1.29 is 9.53 Å². The lowest BCUT2D eigenvalue weighted by Crippen LogP contribution is -2.36. The Balaban J connectivity index is 1.33. The number of likely N-dealkylation sites (tertiary alicyclic amines) is 1. The molecule has 0 N–H and O–H groups in total. The van der Waals surface area contributed by atoms with E-state index in [1.807, 2.05) is 56.6 Å². The van der Waals surface area contributed by atoms with Gasteiger partial charge in [0.05, 0.1) is 17.6 Å². The van der Waals surface area contributed by atoms with Crippen LogP contribution in [0, 0.1) is 24.7 Å². The highest BCUT2D eigenvalue weighted by atomic mass is 16.6. The van der Waals surface area contributed by atoms with Gasteiger partial charge in [-0.1, -0.05) is 0 Å². The standard InChI is InChI=1S/C23H33N5O2/c1-15-12-24-27(5)21(15)20-11-10-18(25-26-20)9-8-16-6-7-17-13-28(14-19(16)17)22(29)30-23(2,3)4/h10-12,16-17,19H,6-9,13-14H2,1-5H3. The number of nitrogens with zero attached hydrogens (tertiary/aromatic N) is 5. The summed E-state index contributed by atoms with van der Waals surface area (Å²) in [6.45, 7) is 9.48. The highest BCUT2D eigenvalue weighted by Crippen LogP contribution is 2.44. The maximum absolute atomic E-state index is 12.4. The Morgan fingerprint density at radius 1 is 1.20 bits per heavy atom. The van der Waals surface area contributed by atoms with Gasteiger partial charge in [-0.3, -0.25) is 4.68 Å². The molecular weight excluding hydrogens is 378 g/mol. The number of ether oxygens (including phenoxy) is 1. The van der Waals surface area contributed by atoms with Gasteiger partial charge in [-0.2, -0.15) is 10.2 Å². The number of carbonyl (C=O) groups excluding carboxylic acids is 1. The molecule has 3 atom stereocenters. The second-order valence-electron chi connectivity index (χ2n) is 9.90. The second-order valence-corrected chi connectivity index (χ2v) is 9.90. The van der Waals surface area contributed by atoms with Crippen LogP contribution < -0.4 is 0 Å². The predicted octanol–water partition coefficient (Wildman–Crippen LogP) is 4.01. The Morgan fingerprint density at radius 3 is 2.63 bits per heavy atom. The van der Waals surface area contributed by atoms with E-state index in [9.17, 15) is 4.79 Å². The fraction of sp³-hybridized carbons (Fsp3) is 0.652. The van der Waals surface area contributed by atoms with Gasteiger partial charge in [-0.05, 0) is 88.8 Å². The zero-order chi connectivity index (χ0) is 21.5. The van der Waals surface area contributed by atoms with Crippen LogP contribution in [0.3, 0.4) is 0 Å². The van der Waals surface area contributed by atoms with Crippen molar-refractivity contribution in [3.63, 3.8) is 0 Å². The molecule has 7 nitrogen and oxygen atoms in total. The molecule has 30 heavy (non-hydrogen) atoms. The van der Waals surface area contributed by atoms with Gasteiger partial charge in [0.25, 0.3) is 0 Å². The summed E-state index contributed by atoms with van der Waals surface area (Å²) in [6, 6.07) is 4.13. The molecule has 1 saturated heterocycles. The van der Waals surface area contributed by atoms with Crippen molar-refractivity contribution in [3.05, 3.63) is 29.6 Å². The number of rotatable bonds is 4. The third-order valence-corrected chi connectivity index (χ3v) is 6.51. The van der Waals surface area contributed by atoms with Crippen LogP contribution in [0.1, 0.15) is 51.3 Å². The first kappa shape index (κ1) is 20.8. The van der Waals surface area contributed by atoms with Crippen LogP contribution in [-0.2, 0) is 18.2 Å². The molecule has 2 aromatic rings. The van der Waals surface area contributed by atoms with E-state index in [2.05, 4.69) is 21.4 Å². The molecule has 2 aliphatic rings. The van der Waals surface area contributed by atoms with Crippen LogP contribution in [0.4, 0.5) is 4.79 Å². The molecule has 3 unspecified atom stereocenters. The van der Waals surface area contributed by atoms with Crippen LogP contribution in [0.25, 0.3) is 11.4 Å². The Labute approximate surface area is 178 Å². The molecule has 1 aliphatic carbocycles. The van der Waals surface area contributed by atoms with Crippen molar-refractivity contribution in [3.8, 4) is 11.4 Å². The summed E-state index contributed by atoms with van der Waals surface area (Å²) < 4.78 is 7.41. The van der Waals surface area contributed by atoms with Gasteiger partial charge in [-0.25, -0.2) is 4.79 Å². The number of aromatic nitrogens is 4. The third-order valence-electron chi connectivity index (χ3n) is 6.51. The first-order chi connectivity index (χ1) is 14.2. The lowest BCUT2D eigenvalue weighted by Gasteiger charge is -2.25. The Morgan fingerprint density at radius 2 is 2.00 bits per heavy atom. The van der Waals surface area contributed by atoms with E-state index in [0.717, 1.165) is 48.6 Å².